The summed E-state index contributed by atoms with van der Waals surface area (Å²) < 4.78 is 6.93. The number of nitrogens with zero attached hydrogens (tertiary/aromatic N) is 4. The van der Waals surface area contributed by atoms with Crippen LogP contribution in [-0.2, 0) is 23.0 Å². The molecular formula is C24H27N7O3. The SMILES string of the molecule is COCCC(=O)Nc1cc(C(=O)NCCc2n[nH]c(C)n2)cc2nc(-c3ccccc3)n(C)c12. The van der Waals surface area contributed by atoms with Crippen molar-refractivity contribution >= 4 is 28.5 Å². The van der Waals surface area contributed by atoms with Crippen LogP contribution in [0.15, 0.2) is 42.5 Å². The fraction of sp³-hybridized carbons (Fsp3) is 0.292. The van der Waals surface area contributed by atoms with Crippen molar-refractivity contribution in [2.24, 2.45) is 7.05 Å². The van der Waals surface area contributed by atoms with E-state index in [0.29, 0.717) is 42.2 Å². The van der Waals surface area contributed by atoms with Gasteiger partial charge in [-0.25, -0.2) is 9.97 Å². The van der Waals surface area contributed by atoms with Crippen molar-refractivity contribution in [1.82, 2.24) is 30.0 Å². The molecule has 0 atom stereocenters. The number of carbonyl (C=O) groups excluding carboxylic acids is 2. The molecule has 0 saturated heterocycles. The van der Waals surface area contributed by atoms with Crippen LogP contribution in [0.5, 0.6) is 0 Å². The van der Waals surface area contributed by atoms with Crippen molar-refractivity contribution in [1.29, 1.82) is 0 Å². The normalized spacial score (nSPS) is 11.0. The monoisotopic (exact) mass is 461 g/mol. The van der Waals surface area contributed by atoms with Crippen LogP contribution in [0.3, 0.4) is 0 Å². The molecule has 34 heavy (non-hydrogen) atoms. The topological polar surface area (TPSA) is 127 Å². The van der Waals surface area contributed by atoms with Gasteiger partial charge in [0.05, 0.1) is 29.7 Å². The summed E-state index contributed by atoms with van der Waals surface area (Å²) in [5, 5.41) is 12.7. The summed E-state index contributed by atoms with van der Waals surface area (Å²) in [5.74, 6) is 1.62. The van der Waals surface area contributed by atoms with Crippen LogP contribution in [0.25, 0.3) is 22.4 Å². The number of H-pyrrole nitrogens is 1. The first kappa shape index (κ1) is 23.1. The lowest BCUT2D eigenvalue weighted by atomic mass is 10.1. The van der Waals surface area contributed by atoms with Crippen LogP contribution in [0.4, 0.5) is 5.69 Å². The van der Waals surface area contributed by atoms with Gasteiger partial charge in [0, 0.05) is 38.2 Å². The van der Waals surface area contributed by atoms with Crippen LogP contribution in [-0.4, -0.2) is 56.8 Å². The first-order chi connectivity index (χ1) is 16.5. The number of ether oxygens (including phenoxy) is 1. The van der Waals surface area contributed by atoms with E-state index in [0.717, 1.165) is 22.7 Å². The van der Waals surface area contributed by atoms with Crippen molar-refractivity contribution in [3.63, 3.8) is 0 Å². The van der Waals surface area contributed by atoms with Crippen molar-refractivity contribution < 1.29 is 14.3 Å². The molecule has 0 aliphatic rings. The predicted molar refractivity (Wildman–Crippen MR) is 128 cm³/mol. The molecule has 4 rings (SSSR count). The summed E-state index contributed by atoms with van der Waals surface area (Å²) >= 11 is 0. The molecule has 2 amide bonds. The van der Waals surface area contributed by atoms with E-state index in [1.54, 1.807) is 19.2 Å². The number of methoxy groups -OCH3 is 1. The van der Waals surface area contributed by atoms with Crippen LogP contribution in [0, 0.1) is 6.92 Å². The Morgan fingerprint density at radius 3 is 2.65 bits per heavy atom. The number of carbonyl (C=O) groups is 2. The fourth-order valence-corrected chi connectivity index (χ4v) is 3.72. The highest BCUT2D eigenvalue weighted by molar-refractivity contribution is 6.06. The van der Waals surface area contributed by atoms with Crippen LogP contribution in [0.2, 0.25) is 0 Å². The number of benzene rings is 2. The second-order valence-corrected chi connectivity index (χ2v) is 7.89. The molecule has 10 nitrogen and oxygen atoms in total. The molecule has 176 valence electrons. The van der Waals surface area contributed by atoms with Crippen molar-refractivity contribution in [3.05, 3.63) is 59.7 Å². The first-order valence-electron chi connectivity index (χ1n) is 11.0. The molecule has 0 fully saturated rings. The Morgan fingerprint density at radius 1 is 1.15 bits per heavy atom. The number of hydrogen-bond donors (Lipinski definition) is 3. The Kier molecular flexibility index (Phi) is 6.98. The molecule has 0 radical (unpaired) electrons. The molecule has 2 aromatic carbocycles. The van der Waals surface area contributed by atoms with Gasteiger partial charge in [0.15, 0.2) is 5.82 Å². The highest BCUT2D eigenvalue weighted by atomic mass is 16.5. The third kappa shape index (κ3) is 5.12. The zero-order chi connectivity index (χ0) is 24.1. The Hall–Kier alpha value is -4.05. The summed E-state index contributed by atoms with van der Waals surface area (Å²) in [6.45, 7) is 2.50. The van der Waals surface area contributed by atoms with Crippen LogP contribution < -0.4 is 10.6 Å². The minimum Gasteiger partial charge on any atom is -0.384 e. The van der Waals surface area contributed by atoms with Gasteiger partial charge in [-0.2, -0.15) is 5.10 Å². The smallest absolute Gasteiger partial charge is 0.251 e. The van der Waals surface area contributed by atoms with Gasteiger partial charge in [-0.3, -0.25) is 14.7 Å². The van der Waals surface area contributed by atoms with E-state index in [4.69, 9.17) is 9.72 Å². The lowest BCUT2D eigenvalue weighted by molar-refractivity contribution is -0.117. The van der Waals surface area contributed by atoms with E-state index in [-0.39, 0.29) is 18.2 Å². The lowest BCUT2D eigenvalue weighted by Gasteiger charge is -2.11. The Labute approximate surface area is 196 Å². The third-order valence-corrected chi connectivity index (χ3v) is 5.35. The summed E-state index contributed by atoms with van der Waals surface area (Å²) in [6.07, 6.45) is 0.703. The molecule has 0 bridgehead atoms. The number of nitrogens with one attached hydrogen (secondary N) is 3. The number of aromatic amines is 1. The van der Waals surface area contributed by atoms with E-state index in [9.17, 15) is 9.59 Å². The number of anilines is 1. The molecule has 0 unspecified atom stereocenters. The zero-order valence-corrected chi connectivity index (χ0v) is 19.4. The summed E-state index contributed by atoms with van der Waals surface area (Å²) in [4.78, 5) is 34.4. The molecule has 3 N–H and O–H groups in total. The van der Waals surface area contributed by atoms with Gasteiger partial charge >= 0.3 is 0 Å². The van der Waals surface area contributed by atoms with Gasteiger partial charge in [-0.15, -0.1) is 0 Å². The van der Waals surface area contributed by atoms with E-state index < -0.39 is 0 Å². The second kappa shape index (κ2) is 10.3. The molecule has 4 aromatic rings. The van der Waals surface area contributed by atoms with Crippen LogP contribution in [0.1, 0.15) is 28.4 Å². The average molecular weight is 462 g/mol. The summed E-state index contributed by atoms with van der Waals surface area (Å²) in [5.41, 5.74) is 3.20. The summed E-state index contributed by atoms with van der Waals surface area (Å²) in [6, 6.07) is 13.2. The van der Waals surface area contributed by atoms with Crippen molar-refractivity contribution in [2.45, 2.75) is 19.8 Å². The highest BCUT2D eigenvalue weighted by Crippen LogP contribution is 2.30. The largest absolute Gasteiger partial charge is 0.384 e. The van der Waals surface area contributed by atoms with Crippen molar-refractivity contribution in [2.75, 3.05) is 25.6 Å². The Balaban J connectivity index is 1.65. The predicted octanol–water partition coefficient (Wildman–Crippen LogP) is 2.61. The maximum absolute atomic E-state index is 12.9. The molecule has 2 aromatic heterocycles. The molecule has 0 saturated carbocycles. The molecule has 10 heteroatoms. The Bertz CT molecular complexity index is 1310. The van der Waals surface area contributed by atoms with Gasteiger partial charge in [-0.1, -0.05) is 30.3 Å². The number of fused-ring (bicyclic) bond motifs is 1. The number of rotatable bonds is 9. The van der Waals surface area contributed by atoms with Gasteiger partial charge in [0.25, 0.3) is 5.91 Å². The first-order valence-corrected chi connectivity index (χ1v) is 11.0. The minimum absolute atomic E-state index is 0.202. The zero-order valence-electron chi connectivity index (χ0n) is 19.4. The third-order valence-electron chi connectivity index (χ3n) is 5.35. The van der Waals surface area contributed by atoms with E-state index in [2.05, 4.69) is 25.8 Å². The van der Waals surface area contributed by atoms with Crippen LogP contribution >= 0.6 is 0 Å². The second-order valence-electron chi connectivity index (χ2n) is 7.89. The number of aryl methyl sites for hydroxylation is 2. The quantitative estimate of drug-likeness (QED) is 0.352. The van der Waals surface area contributed by atoms with E-state index in [1.807, 2.05) is 48.9 Å². The molecular weight excluding hydrogens is 434 g/mol. The molecule has 2 heterocycles. The van der Waals surface area contributed by atoms with Gasteiger partial charge < -0.3 is 19.9 Å². The van der Waals surface area contributed by atoms with Gasteiger partial charge in [0.1, 0.15) is 11.6 Å². The van der Waals surface area contributed by atoms with E-state index in [1.165, 1.54) is 0 Å². The van der Waals surface area contributed by atoms with Crippen molar-refractivity contribution in [3.8, 4) is 11.4 Å². The molecule has 0 spiro atoms. The summed E-state index contributed by atoms with van der Waals surface area (Å²) in [7, 11) is 3.44. The standard InChI is InChI=1S/C24H27N7O3/c1-15-26-20(30-29-15)9-11-25-24(33)17-13-18(27-21(32)10-12-34-3)22-19(14-17)28-23(31(22)2)16-7-5-4-6-8-16/h4-8,13-14H,9-12H2,1-3H3,(H,25,33)(H,27,32)(H,26,29,30). The Morgan fingerprint density at radius 2 is 1.94 bits per heavy atom. The highest BCUT2D eigenvalue weighted by Gasteiger charge is 2.18. The molecule has 0 aliphatic heterocycles. The maximum atomic E-state index is 12.9. The van der Waals surface area contributed by atoms with Gasteiger partial charge in [0.2, 0.25) is 5.91 Å². The minimum atomic E-state index is -0.270. The fourth-order valence-electron chi connectivity index (χ4n) is 3.72. The van der Waals surface area contributed by atoms with E-state index >= 15 is 0 Å². The number of amides is 2. The average Bonchev–Trinajstić information content (AvgIpc) is 3.40. The number of imidazole rings is 1. The number of hydrogen-bond acceptors (Lipinski definition) is 6. The maximum Gasteiger partial charge on any atom is 0.251 e. The molecule has 0 aliphatic carbocycles. The lowest BCUT2D eigenvalue weighted by Crippen LogP contribution is -2.26. The number of aromatic nitrogens is 5. The van der Waals surface area contributed by atoms with Gasteiger partial charge in [-0.05, 0) is 19.1 Å².